The number of benzene rings is 1. The van der Waals surface area contributed by atoms with Crippen molar-refractivity contribution in [3.63, 3.8) is 0 Å². The largest absolute Gasteiger partial charge is 0.455 e. The number of carbonyl (C=O) groups is 1. The van der Waals surface area contributed by atoms with E-state index in [1.54, 1.807) is 12.4 Å². The number of fused-ring (bicyclic) bond motifs is 1. The number of rotatable bonds is 1. The molecular formula is C18H20N2O2. The van der Waals surface area contributed by atoms with Gasteiger partial charge in [0.05, 0.1) is 0 Å². The molecule has 0 amide bonds. The summed E-state index contributed by atoms with van der Waals surface area (Å²) in [5, 5.41) is 1.02. The van der Waals surface area contributed by atoms with Gasteiger partial charge in [-0.05, 0) is 45.0 Å². The summed E-state index contributed by atoms with van der Waals surface area (Å²) in [6.45, 7) is 5.56. The highest BCUT2D eigenvalue weighted by Crippen LogP contribution is 2.17. The van der Waals surface area contributed by atoms with Crippen LogP contribution < -0.4 is 0 Å². The van der Waals surface area contributed by atoms with E-state index in [4.69, 9.17) is 4.74 Å². The maximum absolute atomic E-state index is 11.8. The van der Waals surface area contributed by atoms with Gasteiger partial charge in [-0.2, -0.15) is 0 Å². The van der Waals surface area contributed by atoms with Crippen LogP contribution in [0.15, 0.2) is 60.9 Å². The zero-order valence-electron chi connectivity index (χ0n) is 13.0. The van der Waals surface area contributed by atoms with Crippen molar-refractivity contribution in [3.05, 3.63) is 66.6 Å². The summed E-state index contributed by atoms with van der Waals surface area (Å²) in [6, 6.07) is 15.3. The van der Waals surface area contributed by atoms with Crippen LogP contribution in [0.25, 0.3) is 10.9 Å². The number of ether oxygens (including phenoxy) is 1. The molecule has 1 N–H and O–H groups in total. The van der Waals surface area contributed by atoms with Gasteiger partial charge in [0.25, 0.3) is 0 Å². The standard InChI is InChI=1S/C13H15NO2.C5H5N/c1-13(2,3)16-12(15)11-8-9-6-4-5-7-10(9)14-11;1-2-4-6-5-3-1/h4-8,14H,1-3H3;1-5H. The normalized spacial score (nSPS) is 10.7. The zero-order chi connectivity index (χ0) is 16.0. The second kappa shape index (κ2) is 6.89. The summed E-state index contributed by atoms with van der Waals surface area (Å²) < 4.78 is 5.28. The lowest BCUT2D eigenvalue weighted by Crippen LogP contribution is -2.24. The highest BCUT2D eigenvalue weighted by atomic mass is 16.6. The summed E-state index contributed by atoms with van der Waals surface area (Å²) >= 11 is 0. The number of nitrogens with one attached hydrogen (secondary N) is 1. The molecule has 0 saturated heterocycles. The third kappa shape index (κ3) is 4.74. The fourth-order valence-electron chi connectivity index (χ4n) is 1.83. The van der Waals surface area contributed by atoms with Gasteiger partial charge in [-0.1, -0.05) is 24.3 Å². The maximum atomic E-state index is 11.8. The lowest BCUT2D eigenvalue weighted by atomic mass is 10.2. The highest BCUT2D eigenvalue weighted by molar-refractivity contribution is 5.94. The van der Waals surface area contributed by atoms with E-state index in [0.717, 1.165) is 10.9 Å². The zero-order valence-corrected chi connectivity index (χ0v) is 13.0. The molecule has 0 bridgehead atoms. The first-order chi connectivity index (χ1) is 10.5. The molecule has 0 radical (unpaired) electrons. The van der Waals surface area contributed by atoms with Gasteiger partial charge in [-0.25, -0.2) is 4.79 Å². The molecule has 2 aromatic heterocycles. The van der Waals surface area contributed by atoms with Crippen LogP contribution in [0.3, 0.4) is 0 Å². The molecule has 1 aromatic carbocycles. The molecule has 4 nitrogen and oxygen atoms in total. The Bertz CT molecular complexity index is 668. The van der Waals surface area contributed by atoms with Gasteiger partial charge in [0.1, 0.15) is 11.3 Å². The lowest BCUT2D eigenvalue weighted by Gasteiger charge is -2.18. The van der Waals surface area contributed by atoms with Crippen molar-refractivity contribution in [3.8, 4) is 0 Å². The van der Waals surface area contributed by atoms with E-state index in [2.05, 4.69) is 9.97 Å². The van der Waals surface area contributed by atoms with E-state index < -0.39 is 5.60 Å². The lowest BCUT2D eigenvalue weighted by molar-refractivity contribution is 0.00639. The van der Waals surface area contributed by atoms with Gasteiger partial charge < -0.3 is 9.72 Å². The van der Waals surface area contributed by atoms with Gasteiger partial charge in [0.2, 0.25) is 0 Å². The average molecular weight is 296 g/mol. The van der Waals surface area contributed by atoms with E-state index in [-0.39, 0.29) is 5.97 Å². The van der Waals surface area contributed by atoms with Gasteiger partial charge >= 0.3 is 5.97 Å². The number of aromatic amines is 1. The van der Waals surface area contributed by atoms with Crippen molar-refractivity contribution >= 4 is 16.9 Å². The van der Waals surface area contributed by atoms with Gasteiger partial charge in [-0.15, -0.1) is 0 Å². The Morgan fingerprint density at radius 1 is 1.05 bits per heavy atom. The molecule has 0 atom stereocenters. The molecule has 0 saturated carbocycles. The first kappa shape index (κ1) is 15.8. The minimum Gasteiger partial charge on any atom is -0.455 e. The summed E-state index contributed by atoms with van der Waals surface area (Å²) in [6.07, 6.45) is 3.50. The van der Waals surface area contributed by atoms with Crippen molar-refractivity contribution in [2.75, 3.05) is 0 Å². The first-order valence-electron chi connectivity index (χ1n) is 7.12. The fraction of sp³-hybridized carbons (Fsp3) is 0.222. The number of para-hydroxylation sites is 1. The van der Waals surface area contributed by atoms with Crippen LogP contribution in [0.2, 0.25) is 0 Å². The number of H-pyrrole nitrogens is 1. The van der Waals surface area contributed by atoms with E-state index in [9.17, 15) is 4.79 Å². The second-order valence-electron chi connectivity index (χ2n) is 5.80. The Labute approximate surface area is 130 Å². The van der Waals surface area contributed by atoms with Gasteiger partial charge in [0, 0.05) is 23.3 Å². The number of esters is 1. The molecular weight excluding hydrogens is 276 g/mol. The number of aromatic nitrogens is 2. The summed E-state index contributed by atoms with van der Waals surface area (Å²) in [5.74, 6) is -0.316. The van der Waals surface area contributed by atoms with Crippen LogP contribution in [0, 0.1) is 0 Å². The van der Waals surface area contributed by atoms with E-state index in [1.165, 1.54) is 0 Å². The monoisotopic (exact) mass is 296 g/mol. The van der Waals surface area contributed by atoms with Crippen molar-refractivity contribution < 1.29 is 9.53 Å². The van der Waals surface area contributed by atoms with Crippen LogP contribution in [0.4, 0.5) is 0 Å². The van der Waals surface area contributed by atoms with Gasteiger partial charge in [-0.3, -0.25) is 4.98 Å². The van der Waals surface area contributed by atoms with E-state index in [0.29, 0.717) is 5.69 Å². The molecule has 0 aliphatic carbocycles. The van der Waals surface area contributed by atoms with Crippen molar-refractivity contribution in [1.82, 2.24) is 9.97 Å². The molecule has 0 aliphatic rings. The molecule has 0 fully saturated rings. The highest BCUT2D eigenvalue weighted by Gasteiger charge is 2.19. The Morgan fingerprint density at radius 2 is 1.73 bits per heavy atom. The smallest absolute Gasteiger partial charge is 0.355 e. The molecule has 3 aromatic rings. The topological polar surface area (TPSA) is 55.0 Å². The number of hydrogen-bond donors (Lipinski definition) is 1. The Hall–Kier alpha value is -2.62. The van der Waals surface area contributed by atoms with Crippen LogP contribution in [-0.4, -0.2) is 21.5 Å². The van der Waals surface area contributed by atoms with Crippen molar-refractivity contribution in [2.45, 2.75) is 26.4 Å². The number of nitrogens with zero attached hydrogens (tertiary/aromatic N) is 1. The minimum atomic E-state index is -0.464. The average Bonchev–Trinajstić information content (AvgIpc) is 2.92. The molecule has 114 valence electrons. The summed E-state index contributed by atoms with van der Waals surface area (Å²) in [7, 11) is 0. The third-order valence-corrected chi connectivity index (χ3v) is 2.72. The molecule has 4 heteroatoms. The molecule has 22 heavy (non-hydrogen) atoms. The SMILES string of the molecule is CC(C)(C)OC(=O)c1cc2ccccc2[nH]1.c1ccncc1. The van der Waals surface area contributed by atoms with Crippen LogP contribution in [0.5, 0.6) is 0 Å². The van der Waals surface area contributed by atoms with Crippen molar-refractivity contribution in [2.24, 2.45) is 0 Å². The molecule has 3 rings (SSSR count). The maximum Gasteiger partial charge on any atom is 0.355 e. The van der Waals surface area contributed by atoms with Crippen molar-refractivity contribution in [1.29, 1.82) is 0 Å². The number of hydrogen-bond acceptors (Lipinski definition) is 3. The van der Waals surface area contributed by atoms with Crippen LogP contribution in [-0.2, 0) is 4.74 Å². The fourth-order valence-corrected chi connectivity index (χ4v) is 1.83. The molecule has 2 heterocycles. The summed E-state index contributed by atoms with van der Waals surface area (Å²) in [5.41, 5.74) is 0.980. The van der Waals surface area contributed by atoms with Crippen LogP contribution in [0.1, 0.15) is 31.3 Å². The van der Waals surface area contributed by atoms with E-state index in [1.807, 2.05) is 69.3 Å². The number of pyridine rings is 1. The Balaban J connectivity index is 0.000000246. The third-order valence-electron chi connectivity index (χ3n) is 2.72. The Kier molecular flexibility index (Phi) is 4.94. The molecule has 0 aliphatic heterocycles. The predicted molar refractivity (Wildman–Crippen MR) is 87.7 cm³/mol. The van der Waals surface area contributed by atoms with Crippen LogP contribution >= 0.6 is 0 Å². The summed E-state index contributed by atoms with van der Waals surface area (Å²) in [4.78, 5) is 18.6. The minimum absolute atomic E-state index is 0.316. The molecule has 0 unspecified atom stereocenters. The Morgan fingerprint density at radius 3 is 2.23 bits per heavy atom. The number of carbonyl (C=O) groups excluding carboxylic acids is 1. The van der Waals surface area contributed by atoms with Gasteiger partial charge in [0.15, 0.2) is 0 Å². The quantitative estimate of drug-likeness (QED) is 0.684. The van der Waals surface area contributed by atoms with E-state index >= 15 is 0 Å². The predicted octanol–water partition coefficient (Wildman–Crippen LogP) is 4.20. The molecule has 0 spiro atoms. The second-order valence-corrected chi connectivity index (χ2v) is 5.80. The first-order valence-corrected chi connectivity index (χ1v) is 7.12.